The Morgan fingerprint density at radius 3 is 1.80 bits per heavy atom. The maximum Gasteiger partial charge on any atom is 0.425 e. The van der Waals surface area contributed by atoms with E-state index in [2.05, 4.69) is 0 Å². The molecule has 1 atom stereocenters. The van der Waals surface area contributed by atoms with E-state index >= 15 is 0 Å². The predicted molar refractivity (Wildman–Crippen MR) is 124 cm³/mol. The van der Waals surface area contributed by atoms with Crippen LogP contribution in [0, 0.1) is 12.8 Å². The van der Waals surface area contributed by atoms with E-state index in [0.717, 1.165) is 12.7 Å². The summed E-state index contributed by atoms with van der Waals surface area (Å²) < 4.78 is 47.2. The van der Waals surface area contributed by atoms with Gasteiger partial charge >= 0.3 is 24.0 Å². The number of ether oxygens (including phenoxy) is 4. The van der Waals surface area contributed by atoms with Crippen LogP contribution in [-0.2, 0) is 43.4 Å². The fourth-order valence-electron chi connectivity index (χ4n) is 2.94. The minimum absolute atomic E-state index is 0.0882. The van der Waals surface area contributed by atoms with Gasteiger partial charge in [0.25, 0.3) is 10.0 Å². The van der Waals surface area contributed by atoms with E-state index in [0.29, 0.717) is 0 Å². The van der Waals surface area contributed by atoms with Crippen LogP contribution in [0.4, 0.5) is 4.79 Å². The molecule has 0 spiro atoms. The van der Waals surface area contributed by atoms with Crippen LogP contribution in [0.5, 0.6) is 0 Å². The molecule has 0 radical (unpaired) electrons. The Hall–Kier alpha value is -3.15. The molecule has 196 valence electrons. The summed E-state index contributed by atoms with van der Waals surface area (Å²) in [5.74, 6) is -4.99. The third kappa shape index (κ3) is 8.23. The Morgan fingerprint density at radius 1 is 0.914 bits per heavy atom. The van der Waals surface area contributed by atoms with Gasteiger partial charge in [-0.3, -0.25) is 9.59 Å². The van der Waals surface area contributed by atoms with Crippen LogP contribution in [-0.4, -0.2) is 68.7 Å². The first-order valence-corrected chi connectivity index (χ1v) is 12.4. The normalized spacial score (nSPS) is 12.5. The van der Waals surface area contributed by atoms with Gasteiger partial charge in [0.2, 0.25) is 0 Å². The number of carbonyl (C=O) groups is 4. The minimum Gasteiger partial charge on any atom is -0.467 e. The zero-order valence-electron chi connectivity index (χ0n) is 21.0. The van der Waals surface area contributed by atoms with Gasteiger partial charge in [0.1, 0.15) is 5.60 Å². The van der Waals surface area contributed by atoms with E-state index in [1.165, 1.54) is 58.9 Å². The zero-order chi connectivity index (χ0) is 27.0. The van der Waals surface area contributed by atoms with Crippen molar-refractivity contribution >= 4 is 34.0 Å². The van der Waals surface area contributed by atoms with Crippen LogP contribution >= 0.6 is 0 Å². The summed E-state index contributed by atoms with van der Waals surface area (Å²) in [6, 6.07) is 3.58. The molecule has 0 saturated carbocycles. The summed E-state index contributed by atoms with van der Waals surface area (Å²) in [4.78, 5) is 50.7. The molecule has 0 heterocycles. The molecule has 0 aliphatic rings. The van der Waals surface area contributed by atoms with Crippen molar-refractivity contribution in [2.45, 2.75) is 64.5 Å². The molecule has 1 rings (SSSR count). The van der Waals surface area contributed by atoms with Gasteiger partial charge in [-0.1, -0.05) is 17.7 Å². The highest BCUT2D eigenvalue weighted by atomic mass is 32.2. The van der Waals surface area contributed by atoms with E-state index in [1.54, 1.807) is 6.92 Å². The van der Waals surface area contributed by atoms with Crippen molar-refractivity contribution in [2.75, 3.05) is 20.3 Å². The fraction of sp³-hybridized carbons (Fsp3) is 0.565. The summed E-state index contributed by atoms with van der Waals surface area (Å²) in [6.45, 7) is 9.10. The van der Waals surface area contributed by atoms with Crippen LogP contribution < -0.4 is 0 Å². The molecular formula is C23H33NO10S. The van der Waals surface area contributed by atoms with Gasteiger partial charge in [0.05, 0.1) is 25.2 Å². The smallest absolute Gasteiger partial charge is 0.425 e. The summed E-state index contributed by atoms with van der Waals surface area (Å²) in [7, 11) is -3.73. The topological polar surface area (TPSA) is 143 Å². The third-order valence-corrected chi connectivity index (χ3v) is 6.30. The predicted octanol–water partition coefficient (Wildman–Crippen LogP) is 2.59. The molecule has 1 amide bonds. The summed E-state index contributed by atoms with van der Waals surface area (Å²) >= 11 is 0. The van der Waals surface area contributed by atoms with Crippen molar-refractivity contribution in [3.63, 3.8) is 0 Å². The van der Waals surface area contributed by atoms with Crippen LogP contribution in [0.1, 0.15) is 46.6 Å². The molecule has 0 fully saturated rings. The molecular weight excluding hydrogens is 482 g/mol. The molecule has 0 aromatic heterocycles. The maximum absolute atomic E-state index is 13.6. The van der Waals surface area contributed by atoms with Gasteiger partial charge in [-0.05, 0) is 53.7 Å². The summed E-state index contributed by atoms with van der Waals surface area (Å²) in [5.41, 5.74) is -0.387. The Balaban J connectivity index is 3.71. The number of aryl methyl sites for hydroxylation is 1. The monoisotopic (exact) mass is 515 g/mol. The number of benzene rings is 1. The van der Waals surface area contributed by atoms with Crippen LogP contribution in [0.3, 0.4) is 0 Å². The van der Waals surface area contributed by atoms with Crippen LogP contribution in [0.15, 0.2) is 29.2 Å². The number of esters is 3. The highest BCUT2D eigenvalue weighted by molar-refractivity contribution is 7.89. The average Bonchev–Trinajstić information content (AvgIpc) is 2.74. The molecule has 0 unspecified atom stereocenters. The Bertz CT molecular complexity index is 994. The number of nitrogens with zero attached hydrogens (tertiary/aromatic N) is 1. The van der Waals surface area contributed by atoms with Crippen molar-refractivity contribution in [1.82, 2.24) is 4.31 Å². The van der Waals surface area contributed by atoms with E-state index in [4.69, 9.17) is 18.9 Å². The van der Waals surface area contributed by atoms with E-state index in [-0.39, 0.29) is 22.4 Å². The van der Waals surface area contributed by atoms with Gasteiger partial charge < -0.3 is 18.9 Å². The number of hydrogen-bond donors (Lipinski definition) is 0. The van der Waals surface area contributed by atoms with E-state index < -0.39 is 58.0 Å². The SMILES string of the molecule is CCOC(=O)C(C[C@@H](C(=O)OC)N(C(=O)OC(C)(C)C)S(=O)(=O)c1ccc(C)cc1)C(=O)OCC. The van der Waals surface area contributed by atoms with Crippen molar-refractivity contribution in [3.05, 3.63) is 29.8 Å². The second-order valence-corrected chi connectivity index (χ2v) is 10.2. The lowest BCUT2D eigenvalue weighted by molar-refractivity contribution is -0.163. The van der Waals surface area contributed by atoms with Crippen molar-refractivity contribution in [3.8, 4) is 0 Å². The zero-order valence-corrected chi connectivity index (χ0v) is 21.8. The molecule has 0 bridgehead atoms. The second-order valence-electron chi connectivity index (χ2n) is 8.43. The number of carbonyl (C=O) groups excluding carboxylic acids is 4. The van der Waals surface area contributed by atoms with Gasteiger partial charge in [-0.15, -0.1) is 0 Å². The molecule has 1 aromatic carbocycles. The summed E-state index contributed by atoms with van der Waals surface area (Å²) in [6.07, 6.45) is -2.17. The quantitative estimate of drug-likeness (QED) is 0.259. The van der Waals surface area contributed by atoms with E-state index in [1.807, 2.05) is 0 Å². The standard InChI is InChI=1S/C23H33NO10S/c1-8-32-19(25)17(20(26)33-9-2)14-18(21(27)31-7)24(22(28)34-23(4,5)6)35(29,30)16-12-10-15(3)11-13-16/h10-13,17-18H,8-9,14H2,1-7H3/t18-/m0/s1. The highest BCUT2D eigenvalue weighted by Gasteiger charge is 2.46. The molecule has 0 N–H and O–H groups in total. The molecule has 35 heavy (non-hydrogen) atoms. The number of sulfonamides is 1. The molecule has 1 aromatic rings. The lowest BCUT2D eigenvalue weighted by atomic mass is 10.00. The highest BCUT2D eigenvalue weighted by Crippen LogP contribution is 2.27. The summed E-state index contributed by atoms with van der Waals surface area (Å²) in [5, 5.41) is 0. The fourth-order valence-corrected chi connectivity index (χ4v) is 4.39. The Kier molecular flexibility index (Phi) is 10.7. The second kappa shape index (κ2) is 12.5. The first kappa shape index (κ1) is 29.9. The largest absolute Gasteiger partial charge is 0.467 e. The van der Waals surface area contributed by atoms with Gasteiger partial charge in [-0.2, -0.15) is 4.31 Å². The Labute approximate surface area is 205 Å². The van der Waals surface area contributed by atoms with Crippen molar-refractivity contribution in [1.29, 1.82) is 0 Å². The van der Waals surface area contributed by atoms with Crippen molar-refractivity contribution < 1.29 is 46.5 Å². The van der Waals surface area contributed by atoms with E-state index in [9.17, 15) is 27.6 Å². The first-order chi connectivity index (χ1) is 16.2. The minimum atomic E-state index is -4.71. The maximum atomic E-state index is 13.6. The number of hydrogen-bond acceptors (Lipinski definition) is 10. The Morgan fingerprint density at radius 2 is 1.40 bits per heavy atom. The van der Waals surface area contributed by atoms with Crippen LogP contribution in [0.25, 0.3) is 0 Å². The van der Waals surface area contributed by atoms with Gasteiger partial charge in [0, 0.05) is 6.42 Å². The number of rotatable bonds is 10. The average molecular weight is 516 g/mol. The number of methoxy groups -OCH3 is 1. The molecule has 11 nitrogen and oxygen atoms in total. The van der Waals surface area contributed by atoms with Gasteiger partial charge in [-0.25, -0.2) is 18.0 Å². The first-order valence-electron chi connectivity index (χ1n) is 10.9. The van der Waals surface area contributed by atoms with Gasteiger partial charge in [0.15, 0.2) is 12.0 Å². The lowest BCUT2D eigenvalue weighted by Crippen LogP contribution is -2.52. The molecule has 0 aliphatic carbocycles. The lowest BCUT2D eigenvalue weighted by Gasteiger charge is -2.32. The molecule has 0 saturated heterocycles. The van der Waals surface area contributed by atoms with Crippen molar-refractivity contribution in [2.24, 2.45) is 5.92 Å². The number of amides is 1. The molecule has 0 aliphatic heterocycles. The third-order valence-electron chi connectivity index (χ3n) is 4.51. The van der Waals surface area contributed by atoms with Crippen LogP contribution in [0.2, 0.25) is 0 Å². The molecule has 12 heteroatoms.